The second kappa shape index (κ2) is 7.05. The molecule has 4 N–H and O–H groups in total. The van der Waals surface area contributed by atoms with Gasteiger partial charge in [0, 0.05) is 0 Å². The number of nitrogens with two attached hydrogens (primary N) is 1. The highest BCUT2D eigenvalue weighted by atomic mass is 79.9. The summed E-state index contributed by atoms with van der Waals surface area (Å²) in [6.07, 6.45) is 0. The van der Waals surface area contributed by atoms with Crippen LogP contribution in [-0.4, -0.2) is 33.0 Å². The Morgan fingerprint density at radius 2 is 1.42 bits per heavy atom. The van der Waals surface area contributed by atoms with Gasteiger partial charge in [0.1, 0.15) is 10.9 Å². The zero-order chi connectivity index (χ0) is 10.3. The molecule has 0 aliphatic heterocycles. The van der Waals surface area contributed by atoms with Gasteiger partial charge < -0.3 is 15.9 Å². The number of alkyl halides is 1. The standard InChI is InChI=1S/C3H5BrO2.C3H7NO2/c2*1-2(4)3(5)6/h2H,1H3,(H,5,6);2H,4H2,1H3,(H,5,6). The van der Waals surface area contributed by atoms with Crippen LogP contribution in [0.1, 0.15) is 13.8 Å². The summed E-state index contributed by atoms with van der Waals surface area (Å²) >= 11 is 2.84. The first kappa shape index (κ1) is 13.9. The molecule has 72 valence electrons. The van der Waals surface area contributed by atoms with E-state index in [1.807, 2.05) is 0 Å². The van der Waals surface area contributed by atoms with Crippen LogP contribution >= 0.6 is 15.9 Å². The summed E-state index contributed by atoms with van der Waals surface area (Å²) in [4.78, 5) is 18.8. The molecule has 0 rings (SSSR count). The van der Waals surface area contributed by atoms with Crippen LogP contribution in [0, 0.1) is 0 Å². The van der Waals surface area contributed by atoms with Gasteiger partial charge in [-0.15, -0.1) is 0 Å². The van der Waals surface area contributed by atoms with Crippen LogP contribution in [0.3, 0.4) is 0 Å². The summed E-state index contributed by atoms with van der Waals surface area (Å²) in [5.41, 5.74) is 4.84. The number of carboxylic acid groups (broad SMARTS) is 2. The van der Waals surface area contributed by atoms with Gasteiger partial charge in [0.2, 0.25) is 0 Å². The van der Waals surface area contributed by atoms with E-state index in [1.165, 1.54) is 6.92 Å². The predicted octanol–water partition coefficient (Wildman–Crippen LogP) is 0.273. The van der Waals surface area contributed by atoms with Crippen LogP contribution in [0.5, 0.6) is 0 Å². The van der Waals surface area contributed by atoms with E-state index >= 15 is 0 Å². The Balaban J connectivity index is 0. The molecule has 0 aromatic rings. The SMILES string of the molecule is CC(Br)C(=O)O.CC(N)C(=O)O. The average molecular weight is 242 g/mol. The number of carboxylic acids is 2. The molecule has 2 atom stereocenters. The van der Waals surface area contributed by atoms with E-state index in [0.717, 1.165) is 0 Å². The van der Waals surface area contributed by atoms with Crippen LogP contribution in [0.15, 0.2) is 0 Å². The molecule has 0 saturated carbocycles. The summed E-state index contributed by atoms with van der Waals surface area (Å²) in [6.45, 7) is 2.98. The number of aliphatic carboxylic acids is 2. The Labute approximate surface area is 78.7 Å². The van der Waals surface area contributed by atoms with E-state index in [1.54, 1.807) is 6.92 Å². The molecule has 5 nitrogen and oxygen atoms in total. The van der Waals surface area contributed by atoms with E-state index in [9.17, 15) is 9.59 Å². The second-order valence-corrected chi connectivity index (χ2v) is 3.45. The van der Waals surface area contributed by atoms with Crippen LogP contribution in [-0.2, 0) is 9.59 Å². The Morgan fingerprint density at radius 3 is 1.42 bits per heavy atom. The Kier molecular flexibility index (Phi) is 8.19. The van der Waals surface area contributed by atoms with Gasteiger partial charge in [-0.25, -0.2) is 0 Å². The summed E-state index contributed by atoms with van der Waals surface area (Å²) in [6, 6.07) is -0.731. The van der Waals surface area contributed by atoms with Crippen molar-refractivity contribution in [3.63, 3.8) is 0 Å². The average Bonchev–Trinajstić information content (AvgIpc) is 1.88. The fraction of sp³-hybridized carbons (Fsp3) is 0.667. The van der Waals surface area contributed by atoms with Gasteiger partial charge >= 0.3 is 11.9 Å². The molecule has 0 aromatic carbocycles. The van der Waals surface area contributed by atoms with Crippen LogP contribution in [0.2, 0.25) is 0 Å². The fourth-order valence-electron chi connectivity index (χ4n) is 0. The first-order valence-electron chi connectivity index (χ1n) is 3.14. The Hall–Kier alpha value is -0.620. The van der Waals surface area contributed by atoms with Crippen molar-refractivity contribution in [3.8, 4) is 0 Å². The van der Waals surface area contributed by atoms with Gasteiger partial charge in [-0.2, -0.15) is 0 Å². The molecule has 0 radical (unpaired) electrons. The summed E-state index contributed by atoms with van der Waals surface area (Å²) in [5, 5.41) is 15.8. The number of halogens is 1. The molecule has 2 unspecified atom stereocenters. The van der Waals surface area contributed by atoms with Crippen molar-refractivity contribution in [1.82, 2.24) is 0 Å². The highest BCUT2D eigenvalue weighted by Gasteiger charge is 2.01. The molecule has 0 spiro atoms. The molecule has 0 heterocycles. The largest absolute Gasteiger partial charge is 0.480 e. The zero-order valence-electron chi connectivity index (χ0n) is 6.82. The lowest BCUT2D eigenvalue weighted by atomic mass is 10.4. The van der Waals surface area contributed by atoms with E-state index in [-0.39, 0.29) is 0 Å². The van der Waals surface area contributed by atoms with E-state index in [0.29, 0.717) is 0 Å². The molecule has 0 fully saturated rings. The minimum absolute atomic E-state index is 0.419. The molecule has 0 aromatic heterocycles. The third-order valence-electron chi connectivity index (χ3n) is 0.730. The van der Waals surface area contributed by atoms with Crippen molar-refractivity contribution in [2.24, 2.45) is 5.73 Å². The fourth-order valence-corrected chi connectivity index (χ4v) is 0. The van der Waals surface area contributed by atoms with Gasteiger partial charge in [0.05, 0.1) is 0 Å². The minimum Gasteiger partial charge on any atom is -0.480 e. The van der Waals surface area contributed by atoms with Crippen molar-refractivity contribution in [1.29, 1.82) is 0 Å². The third-order valence-corrected chi connectivity index (χ3v) is 1.12. The van der Waals surface area contributed by atoms with Gasteiger partial charge in [-0.3, -0.25) is 9.59 Å². The third kappa shape index (κ3) is 12.1. The lowest BCUT2D eigenvalue weighted by Crippen LogP contribution is -2.25. The van der Waals surface area contributed by atoms with Crippen molar-refractivity contribution < 1.29 is 19.8 Å². The van der Waals surface area contributed by atoms with Crippen molar-refractivity contribution in [2.75, 3.05) is 0 Å². The highest BCUT2D eigenvalue weighted by molar-refractivity contribution is 9.10. The summed E-state index contributed by atoms with van der Waals surface area (Å²) in [7, 11) is 0. The van der Waals surface area contributed by atoms with Crippen LogP contribution in [0.4, 0.5) is 0 Å². The maximum atomic E-state index is 9.65. The normalized spacial score (nSPS) is 13.7. The van der Waals surface area contributed by atoms with Crippen LogP contribution < -0.4 is 5.73 Å². The number of rotatable bonds is 2. The van der Waals surface area contributed by atoms with Gasteiger partial charge in [0.25, 0.3) is 0 Å². The maximum absolute atomic E-state index is 9.65. The van der Waals surface area contributed by atoms with Crippen molar-refractivity contribution in [2.45, 2.75) is 24.7 Å². The maximum Gasteiger partial charge on any atom is 0.320 e. The predicted molar refractivity (Wildman–Crippen MR) is 47.3 cm³/mol. The van der Waals surface area contributed by atoms with Gasteiger partial charge in [-0.05, 0) is 13.8 Å². The number of carbonyl (C=O) groups is 2. The molecule has 0 saturated heterocycles. The van der Waals surface area contributed by atoms with Gasteiger partial charge in [-0.1, -0.05) is 15.9 Å². The highest BCUT2D eigenvalue weighted by Crippen LogP contribution is 1.93. The van der Waals surface area contributed by atoms with Crippen molar-refractivity contribution >= 4 is 27.9 Å². The Bertz CT molecular complexity index is 140. The van der Waals surface area contributed by atoms with Crippen molar-refractivity contribution in [3.05, 3.63) is 0 Å². The smallest absolute Gasteiger partial charge is 0.320 e. The molecule has 0 amide bonds. The van der Waals surface area contributed by atoms with Gasteiger partial charge in [0.15, 0.2) is 0 Å². The lowest BCUT2D eigenvalue weighted by molar-refractivity contribution is -0.138. The second-order valence-electron chi connectivity index (χ2n) is 2.08. The van der Waals surface area contributed by atoms with E-state index in [4.69, 9.17) is 15.9 Å². The molecule has 12 heavy (non-hydrogen) atoms. The molecule has 0 aliphatic carbocycles. The monoisotopic (exact) mass is 241 g/mol. The molecule has 0 bridgehead atoms. The first-order valence-corrected chi connectivity index (χ1v) is 4.05. The summed E-state index contributed by atoms with van der Waals surface area (Å²) < 4.78 is 0. The number of hydrogen-bond donors (Lipinski definition) is 3. The van der Waals surface area contributed by atoms with E-state index < -0.39 is 22.8 Å². The molecule has 0 aliphatic rings. The number of hydrogen-bond acceptors (Lipinski definition) is 3. The zero-order valence-corrected chi connectivity index (χ0v) is 8.41. The molecule has 6 heteroatoms. The molecular formula is C6H12BrNO4. The van der Waals surface area contributed by atoms with E-state index in [2.05, 4.69) is 15.9 Å². The minimum atomic E-state index is -0.963. The topological polar surface area (TPSA) is 101 Å². The Morgan fingerprint density at radius 1 is 1.25 bits per heavy atom. The molecular weight excluding hydrogens is 230 g/mol. The lowest BCUT2D eigenvalue weighted by Gasteiger charge is -1.90. The first-order chi connectivity index (χ1) is 5.29. The summed E-state index contributed by atoms with van der Waals surface area (Å²) in [5.74, 6) is -1.79. The quantitative estimate of drug-likeness (QED) is 0.603. The van der Waals surface area contributed by atoms with Crippen LogP contribution in [0.25, 0.3) is 0 Å².